The van der Waals surface area contributed by atoms with Crippen molar-refractivity contribution in [2.75, 3.05) is 39.6 Å². The van der Waals surface area contributed by atoms with Crippen LogP contribution in [0.25, 0.3) is 0 Å². The Labute approximate surface area is 609 Å². The molecule has 0 bridgehead atoms. The van der Waals surface area contributed by atoms with Crippen molar-refractivity contribution < 1.29 is 80.2 Å². The molecular weight excluding hydrogens is 1310 g/mol. The minimum Gasteiger partial charge on any atom is -0.462 e. The topological polar surface area (TPSA) is 237 Å². The molecule has 5 atom stereocenters. The molecule has 0 aliphatic carbocycles. The Morgan fingerprint density at radius 3 is 0.810 bits per heavy atom. The number of aliphatic hydroxyl groups excluding tert-OH is 1. The number of esters is 4. The summed E-state index contributed by atoms with van der Waals surface area (Å²) in [5.74, 6) is -2.22. The van der Waals surface area contributed by atoms with Crippen LogP contribution in [0.2, 0.25) is 0 Å². The van der Waals surface area contributed by atoms with E-state index >= 15 is 0 Å². The Bertz CT molecular complexity index is 2180. The number of allylic oxidation sites excluding steroid dienone is 12. The highest BCUT2D eigenvalue weighted by Crippen LogP contribution is 2.45. The first-order valence-corrected chi connectivity index (χ1v) is 43.2. The number of carbonyl (C=O) groups excluding carboxylic acids is 4. The summed E-state index contributed by atoms with van der Waals surface area (Å²) in [5.41, 5.74) is 0. The van der Waals surface area contributed by atoms with E-state index < -0.39 is 97.5 Å². The van der Waals surface area contributed by atoms with Crippen molar-refractivity contribution in [1.29, 1.82) is 0 Å². The first-order chi connectivity index (χ1) is 48.7. The monoisotopic (exact) mass is 1450 g/mol. The van der Waals surface area contributed by atoms with Gasteiger partial charge in [-0.05, 0) is 96.3 Å². The first-order valence-electron chi connectivity index (χ1n) is 40.2. The maximum Gasteiger partial charge on any atom is 0.472 e. The molecule has 0 aromatic heterocycles. The van der Waals surface area contributed by atoms with Gasteiger partial charge in [-0.3, -0.25) is 37.3 Å². The normalized spacial score (nSPS) is 14.3. The third-order valence-electron chi connectivity index (χ3n) is 17.2. The Kier molecular flexibility index (Phi) is 71.2. The largest absolute Gasteiger partial charge is 0.472 e. The van der Waals surface area contributed by atoms with E-state index in [1.165, 1.54) is 161 Å². The lowest BCUT2D eigenvalue weighted by Crippen LogP contribution is -2.30. The quantitative estimate of drug-likeness (QED) is 0.0169. The van der Waals surface area contributed by atoms with Crippen LogP contribution in [0.3, 0.4) is 0 Å². The third-order valence-corrected chi connectivity index (χ3v) is 19.1. The fourth-order valence-corrected chi connectivity index (χ4v) is 12.6. The molecule has 0 aliphatic heterocycles. The molecule has 0 radical (unpaired) electrons. The highest BCUT2D eigenvalue weighted by atomic mass is 31.2. The van der Waals surface area contributed by atoms with E-state index in [4.69, 9.17) is 37.0 Å². The van der Waals surface area contributed by atoms with Gasteiger partial charge in [0.15, 0.2) is 12.2 Å². The number of phosphoric ester groups is 2. The number of hydrogen-bond donors (Lipinski definition) is 3. The molecule has 3 N–H and O–H groups in total. The van der Waals surface area contributed by atoms with Crippen LogP contribution < -0.4 is 0 Å². The van der Waals surface area contributed by atoms with Gasteiger partial charge in [-0.15, -0.1) is 0 Å². The van der Waals surface area contributed by atoms with Crippen molar-refractivity contribution >= 4 is 39.5 Å². The first kappa shape index (κ1) is 96.5. The van der Waals surface area contributed by atoms with E-state index in [9.17, 15) is 43.2 Å². The number of aliphatic hydroxyl groups is 1. The van der Waals surface area contributed by atoms with Gasteiger partial charge in [-0.2, -0.15) is 0 Å². The van der Waals surface area contributed by atoms with Crippen molar-refractivity contribution in [3.63, 3.8) is 0 Å². The van der Waals surface area contributed by atoms with Gasteiger partial charge in [0.1, 0.15) is 19.3 Å². The Morgan fingerprint density at radius 2 is 0.500 bits per heavy atom. The van der Waals surface area contributed by atoms with Gasteiger partial charge < -0.3 is 33.8 Å². The maximum atomic E-state index is 13.1. The highest BCUT2D eigenvalue weighted by molar-refractivity contribution is 7.47. The van der Waals surface area contributed by atoms with Crippen molar-refractivity contribution in [2.24, 2.45) is 0 Å². The Morgan fingerprint density at radius 1 is 0.280 bits per heavy atom. The lowest BCUT2D eigenvalue weighted by atomic mass is 10.0. The summed E-state index contributed by atoms with van der Waals surface area (Å²) in [4.78, 5) is 72.9. The molecule has 0 rings (SSSR count). The summed E-state index contributed by atoms with van der Waals surface area (Å²) in [7, 11) is -9.96. The fourth-order valence-electron chi connectivity index (χ4n) is 11.0. The van der Waals surface area contributed by atoms with Crippen molar-refractivity contribution in [2.45, 2.75) is 380 Å². The van der Waals surface area contributed by atoms with Crippen LogP contribution in [-0.2, 0) is 65.4 Å². The van der Waals surface area contributed by atoms with E-state index in [1.807, 2.05) is 12.2 Å². The lowest BCUT2D eigenvalue weighted by molar-refractivity contribution is -0.161. The van der Waals surface area contributed by atoms with Gasteiger partial charge in [-0.1, -0.05) is 312 Å². The van der Waals surface area contributed by atoms with Crippen LogP contribution in [-0.4, -0.2) is 96.7 Å². The van der Waals surface area contributed by atoms with Gasteiger partial charge in [0.2, 0.25) is 0 Å². The average molecular weight is 1450 g/mol. The van der Waals surface area contributed by atoms with Crippen LogP contribution in [0.5, 0.6) is 0 Å². The fraction of sp³-hybridized carbons (Fsp3) is 0.802. The highest BCUT2D eigenvalue weighted by Gasteiger charge is 2.30. The second-order valence-electron chi connectivity index (χ2n) is 27.0. The minimum absolute atomic E-state index is 0.0232. The predicted octanol–water partition coefficient (Wildman–Crippen LogP) is 23.2. The summed E-state index contributed by atoms with van der Waals surface area (Å²) in [6, 6.07) is 0. The standard InChI is InChI=1S/C81H146O17P2/c1-5-9-13-17-21-25-29-33-36-37-40-44-48-52-56-60-64-68-81(86)98-76(71-91-78(83)65-61-57-53-49-45-41-32-28-24-20-16-12-8-4)73-95-99(87,88)93-69-75(82)70-94-100(89,90)96-74-77(97-80(85)67-63-59-55-51-47-43-39-35-31-27-23-19-15-11-7-3)72-92-79(84)66-62-58-54-50-46-42-38-34-30-26-22-18-14-10-6-2/h21-22,25-26,33-34,36,38,40,44,52,56,75-77,82H,5-20,23-24,27-32,35,37,39,41-43,45-51,53-55,57-74H2,1-4H3,(H,87,88)(H,89,90)/b25-21-,26-22-,36-33-,38-34-,44-40-,56-52-/t75-,76-,77-/m1/s1. The molecule has 0 saturated carbocycles. The molecule has 0 spiro atoms. The number of ether oxygens (including phenoxy) is 4. The van der Waals surface area contributed by atoms with E-state index in [-0.39, 0.29) is 25.7 Å². The van der Waals surface area contributed by atoms with Crippen molar-refractivity contribution in [1.82, 2.24) is 0 Å². The molecule has 0 aliphatic rings. The molecule has 19 heteroatoms. The summed E-state index contributed by atoms with van der Waals surface area (Å²) in [6.07, 6.45) is 74.5. The number of unbranched alkanes of at least 4 members (excludes halogenated alkanes) is 38. The third kappa shape index (κ3) is 72.8. The molecule has 0 fully saturated rings. The van der Waals surface area contributed by atoms with E-state index in [1.54, 1.807) is 0 Å². The van der Waals surface area contributed by atoms with Gasteiger partial charge in [0.25, 0.3) is 0 Å². The SMILES string of the molecule is CCCCC/C=C\C/C=C\C/C=C\C/C=C\CCCC(=O)O[C@H](COC(=O)CCCCCCCCCCCCCCC)COP(=O)(O)OC[C@@H](O)COP(=O)(O)OC[C@@H](COC(=O)CCCCCCC/C=C\C/C=C\CCCCC)OC(=O)CCCCCCCCCCCCCCCCC. The smallest absolute Gasteiger partial charge is 0.462 e. The molecule has 0 aromatic carbocycles. The Balaban J connectivity index is 5.38. The molecule has 2 unspecified atom stereocenters. The lowest BCUT2D eigenvalue weighted by Gasteiger charge is -2.21. The van der Waals surface area contributed by atoms with Gasteiger partial charge in [0, 0.05) is 25.7 Å². The zero-order chi connectivity index (χ0) is 73.2. The summed E-state index contributed by atoms with van der Waals surface area (Å²) >= 11 is 0. The van der Waals surface area contributed by atoms with Crippen molar-refractivity contribution in [3.05, 3.63) is 72.9 Å². The molecule has 0 heterocycles. The van der Waals surface area contributed by atoms with E-state index in [2.05, 4.69) is 88.5 Å². The summed E-state index contributed by atoms with van der Waals surface area (Å²) in [5, 5.41) is 10.6. The number of carbonyl (C=O) groups is 4. The van der Waals surface area contributed by atoms with Crippen molar-refractivity contribution in [3.8, 4) is 0 Å². The number of rotatable bonds is 76. The zero-order valence-corrected chi connectivity index (χ0v) is 65.4. The van der Waals surface area contributed by atoms with E-state index in [0.717, 1.165) is 116 Å². The summed E-state index contributed by atoms with van der Waals surface area (Å²) < 4.78 is 68.5. The summed E-state index contributed by atoms with van der Waals surface area (Å²) in [6.45, 7) is 4.81. The molecule has 17 nitrogen and oxygen atoms in total. The van der Waals surface area contributed by atoms with Crippen LogP contribution in [0, 0.1) is 0 Å². The molecular formula is C81H146O17P2. The van der Waals surface area contributed by atoms with Crippen LogP contribution in [0.1, 0.15) is 362 Å². The van der Waals surface area contributed by atoms with E-state index in [0.29, 0.717) is 32.1 Å². The molecule has 582 valence electrons. The molecule has 0 saturated heterocycles. The number of phosphoric acid groups is 2. The predicted molar refractivity (Wildman–Crippen MR) is 409 cm³/mol. The number of hydrogen-bond acceptors (Lipinski definition) is 15. The molecule has 0 amide bonds. The minimum atomic E-state index is -4.98. The zero-order valence-electron chi connectivity index (χ0n) is 63.6. The molecule has 0 aromatic rings. The van der Waals surface area contributed by atoms with Gasteiger partial charge >= 0.3 is 39.5 Å². The maximum absolute atomic E-state index is 13.1. The van der Waals surface area contributed by atoms with Crippen LogP contribution in [0.4, 0.5) is 0 Å². The second-order valence-corrected chi connectivity index (χ2v) is 29.9. The van der Waals surface area contributed by atoms with Crippen LogP contribution in [0.15, 0.2) is 72.9 Å². The molecule has 100 heavy (non-hydrogen) atoms. The second kappa shape index (κ2) is 73.8. The Hall–Kier alpha value is -3.50. The van der Waals surface area contributed by atoms with Gasteiger partial charge in [0.05, 0.1) is 26.4 Å². The van der Waals surface area contributed by atoms with Gasteiger partial charge in [-0.25, -0.2) is 9.13 Å². The average Bonchev–Trinajstić information content (AvgIpc) is 1.13. The van der Waals surface area contributed by atoms with Crippen LogP contribution >= 0.6 is 15.6 Å².